The normalized spacial score (nSPS) is 11.4. The molecule has 0 bridgehead atoms. The lowest BCUT2D eigenvalue weighted by atomic mass is 9.99. The van der Waals surface area contributed by atoms with Gasteiger partial charge in [-0.25, -0.2) is 18.4 Å². The number of carbonyl (C=O) groups is 1. The summed E-state index contributed by atoms with van der Waals surface area (Å²) in [5.41, 5.74) is 3.44. The van der Waals surface area contributed by atoms with E-state index >= 15 is 0 Å². The largest absolute Gasteiger partial charge is 0.462 e. The van der Waals surface area contributed by atoms with Gasteiger partial charge in [0, 0.05) is 10.4 Å². The zero-order valence-electron chi connectivity index (χ0n) is 14.9. The highest BCUT2D eigenvalue weighted by molar-refractivity contribution is 7.89. The van der Waals surface area contributed by atoms with Crippen LogP contribution in [-0.4, -0.2) is 21.0 Å². The van der Waals surface area contributed by atoms with E-state index in [1.54, 1.807) is 19.1 Å². The Labute approximate surface area is 162 Å². The van der Waals surface area contributed by atoms with Crippen molar-refractivity contribution in [3.63, 3.8) is 0 Å². The Morgan fingerprint density at radius 3 is 2.22 bits per heavy atom. The van der Waals surface area contributed by atoms with Gasteiger partial charge in [-0.2, -0.15) is 0 Å². The van der Waals surface area contributed by atoms with Crippen molar-refractivity contribution in [3.8, 4) is 21.6 Å². The van der Waals surface area contributed by atoms with Gasteiger partial charge in [0.2, 0.25) is 10.0 Å². The number of thiophene rings is 1. The van der Waals surface area contributed by atoms with Gasteiger partial charge in [0.15, 0.2) is 0 Å². The maximum absolute atomic E-state index is 12.5. The van der Waals surface area contributed by atoms with E-state index in [4.69, 9.17) is 9.88 Å². The van der Waals surface area contributed by atoms with E-state index in [1.165, 1.54) is 23.5 Å². The average Bonchev–Trinajstić information content (AvgIpc) is 2.99. The molecule has 0 aliphatic heterocycles. The quantitative estimate of drug-likeness (QED) is 0.649. The monoisotopic (exact) mass is 401 g/mol. The van der Waals surface area contributed by atoms with Gasteiger partial charge >= 0.3 is 5.97 Å². The number of ether oxygens (including phenoxy) is 1. The smallest absolute Gasteiger partial charge is 0.348 e. The minimum Gasteiger partial charge on any atom is -0.462 e. The third-order valence-electron chi connectivity index (χ3n) is 4.12. The Hall–Kier alpha value is -2.48. The summed E-state index contributed by atoms with van der Waals surface area (Å²) in [6.45, 7) is 3.99. The molecule has 0 aliphatic rings. The van der Waals surface area contributed by atoms with Crippen molar-refractivity contribution in [2.24, 2.45) is 5.14 Å². The summed E-state index contributed by atoms with van der Waals surface area (Å²) in [5.74, 6) is -0.390. The SMILES string of the molecule is CCOC(=O)c1sc(-c2ccccc2)c(C)c1-c1ccc(S(N)(=O)=O)cc1. The Morgan fingerprint density at radius 1 is 1.04 bits per heavy atom. The molecule has 0 aliphatic carbocycles. The van der Waals surface area contributed by atoms with Crippen molar-refractivity contribution in [3.05, 3.63) is 65.0 Å². The first-order chi connectivity index (χ1) is 12.8. The van der Waals surface area contributed by atoms with Crippen LogP contribution in [0.5, 0.6) is 0 Å². The Balaban J connectivity index is 2.18. The van der Waals surface area contributed by atoms with E-state index in [-0.39, 0.29) is 11.5 Å². The van der Waals surface area contributed by atoms with Crippen LogP contribution in [0.3, 0.4) is 0 Å². The van der Waals surface area contributed by atoms with Crippen LogP contribution in [0, 0.1) is 6.92 Å². The maximum atomic E-state index is 12.5. The van der Waals surface area contributed by atoms with Gasteiger partial charge in [-0.15, -0.1) is 11.3 Å². The molecule has 27 heavy (non-hydrogen) atoms. The molecule has 2 N–H and O–H groups in total. The fourth-order valence-corrected chi connectivity index (χ4v) is 4.62. The second-order valence-electron chi connectivity index (χ2n) is 5.92. The molecule has 0 unspecified atom stereocenters. The zero-order valence-corrected chi connectivity index (χ0v) is 16.6. The van der Waals surface area contributed by atoms with Crippen molar-refractivity contribution >= 4 is 27.3 Å². The van der Waals surface area contributed by atoms with Crippen LogP contribution >= 0.6 is 11.3 Å². The molecule has 1 heterocycles. The van der Waals surface area contributed by atoms with Gasteiger partial charge in [0.1, 0.15) is 4.88 Å². The number of nitrogens with two attached hydrogens (primary N) is 1. The molecule has 1 aromatic heterocycles. The lowest BCUT2D eigenvalue weighted by Gasteiger charge is -2.07. The van der Waals surface area contributed by atoms with E-state index < -0.39 is 16.0 Å². The molecule has 5 nitrogen and oxygen atoms in total. The number of hydrogen-bond acceptors (Lipinski definition) is 5. The molecule has 0 radical (unpaired) electrons. The lowest BCUT2D eigenvalue weighted by Crippen LogP contribution is -2.11. The summed E-state index contributed by atoms with van der Waals surface area (Å²) in [4.78, 5) is 14.0. The molecule has 0 fully saturated rings. The van der Waals surface area contributed by atoms with Crippen molar-refractivity contribution in [1.29, 1.82) is 0 Å². The lowest BCUT2D eigenvalue weighted by molar-refractivity contribution is 0.0533. The third kappa shape index (κ3) is 3.95. The van der Waals surface area contributed by atoms with E-state index in [0.717, 1.165) is 27.1 Å². The average molecular weight is 402 g/mol. The molecule has 2 aromatic carbocycles. The number of sulfonamides is 1. The van der Waals surface area contributed by atoms with E-state index in [1.807, 2.05) is 37.3 Å². The van der Waals surface area contributed by atoms with Crippen molar-refractivity contribution in [2.45, 2.75) is 18.7 Å². The van der Waals surface area contributed by atoms with Crippen LogP contribution in [0.4, 0.5) is 0 Å². The number of esters is 1. The van der Waals surface area contributed by atoms with Gasteiger partial charge in [0.25, 0.3) is 0 Å². The topological polar surface area (TPSA) is 86.5 Å². The number of carbonyl (C=O) groups excluding carboxylic acids is 1. The summed E-state index contributed by atoms with van der Waals surface area (Å²) in [6, 6.07) is 16.0. The van der Waals surface area contributed by atoms with Crippen LogP contribution < -0.4 is 5.14 Å². The van der Waals surface area contributed by atoms with Crippen LogP contribution in [0.1, 0.15) is 22.2 Å². The van der Waals surface area contributed by atoms with E-state index in [2.05, 4.69) is 0 Å². The van der Waals surface area contributed by atoms with Crippen LogP contribution in [0.15, 0.2) is 59.5 Å². The molecule has 140 valence electrons. The molecule has 0 saturated heterocycles. The molecular weight excluding hydrogens is 382 g/mol. The first-order valence-electron chi connectivity index (χ1n) is 8.32. The summed E-state index contributed by atoms with van der Waals surface area (Å²) in [5, 5.41) is 5.17. The summed E-state index contributed by atoms with van der Waals surface area (Å²) < 4.78 is 28.2. The van der Waals surface area contributed by atoms with Crippen LogP contribution in [0.25, 0.3) is 21.6 Å². The van der Waals surface area contributed by atoms with Crippen molar-refractivity contribution in [1.82, 2.24) is 0 Å². The highest BCUT2D eigenvalue weighted by Crippen LogP contribution is 2.42. The highest BCUT2D eigenvalue weighted by Gasteiger charge is 2.23. The van der Waals surface area contributed by atoms with Gasteiger partial charge in [-0.3, -0.25) is 0 Å². The maximum Gasteiger partial charge on any atom is 0.348 e. The Bertz CT molecular complexity index is 1070. The second kappa shape index (κ2) is 7.64. The Morgan fingerprint density at radius 2 is 1.67 bits per heavy atom. The first-order valence-corrected chi connectivity index (χ1v) is 10.7. The summed E-state index contributed by atoms with van der Waals surface area (Å²) in [6.07, 6.45) is 0. The van der Waals surface area contributed by atoms with Gasteiger partial charge in [-0.1, -0.05) is 42.5 Å². The number of rotatable bonds is 5. The summed E-state index contributed by atoms with van der Waals surface area (Å²) in [7, 11) is -3.77. The van der Waals surface area contributed by atoms with Crippen LogP contribution in [-0.2, 0) is 14.8 Å². The van der Waals surface area contributed by atoms with Gasteiger partial charge < -0.3 is 4.74 Å². The highest BCUT2D eigenvalue weighted by atomic mass is 32.2. The number of hydrogen-bond donors (Lipinski definition) is 1. The van der Waals surface area contributed by atoms with Crippen LogP contribution in [0.2, 0.25) is 0 Å². The second-order valence-corrected chi connectivity index (χ2v) is 8.50. The predicted molar refractivity (Wildman–Crippen MR) is 107 cm³/mol. The predicted octanol–water partition coefficient (Wildman–Crippen LogP) is 4.21. The fraction of sp³-hybridized carbons (Fsp3) is 0.150. The standard InChI is InChI=1S/C20H19NO4S2/c1-3-25-20(22)19-17(14-9-11-16(12-10-14)27(21,23)24)13(2)18(26-19)15-7-5-4-6-8-15/h4-12H,3H2,1-2H3,(H2,21,23,24). The molecule has 0 saturated carbocycles. The first kappa shape index (κ1) is 19.3. The summed E-state index contributed by atoms with van der Waals surface area (Å²) >= 11 is 1.37. The molecule has 0 amide bonds. The molecular formula is C20H19NO4S2. The Kier molecular flexibility index (Phi) is 5.46. The number of benzene rings is 2. The minimum atomic E-state index is -3.77. The molecule has 0 spiro atoms. The minimum absolute atomic E-state index is 0.0279. The number of primary sulfonamides is 1. The third-order valence-corrected chi connectivity index (χ3v) is 6.37. The molecule has 7 heteroatoms. The van der Waals surface area contributed by atoms with Gasteiger partial charge in [0.05, 0.1) is 11.5 Å². The molecule has 3 aromatic rings. The molecule has 3 rings (SSSR count). The van der Waals surface area contributed by atoms with Gasteiger partial charge in [-0.05, 0) is 42.7 Å². The molecule has 0 atom stereocenters. The fourth-order valence-electron chi connectivity index (χ4n) is 2.88. The van der Waals surface area contributed by atoms with E-state index in [9.17, 15) is 13.2 Å². The van der Waals surface area contributed by atoms with Crippen molar-refractivity contribution < 1.29 is 17.9 Å². The van der Waals surface area contributed by atoms with E-state index in [0.29, 0.717) is 4.88 Å². The zero-order chi connectivity index (χ0) is 19.6. The van der Waals surface area contributed by atoms with Crippen molar-refractivity contribution in [2.75, 3.05) is 6.61 Å².